The summed E-state index contributed by atoms with van der Waals surface area (Å²) in [5, 5.41) is 0. The summed E-state index contributed by atoms with van der Waals surface area (Å²) in [5.74, 6) is 1.83. The van der Waals surface area contributed by atoms with Gasteiger partial charge in [-0.05, 0) is 25.5 Å². The van der Waals surface area contributed by atoms with E-state index in [9.17, 15) is 4.79 Å². The van der Waals surface area contributed by atoms with Crippen molar-refractivity contribution in [3.8, 4) is 0 Å². The lowest BCUT2D eigenvalue weighted by molar-refractivity contribution is -0.134. The molecule has 6 nitrogen and oxygen atoms in total. The third-order valence-electron chi connectivity index (χ3n) is 4.49. The van der Waals surface area contributed by atoms with Crippen LogP contribution in [-0.4, -0.2) is 37.4 Å². The van der Waals surface area contributed by atoms with Crippen LogP contribution in [0, 0.1) is 6.92 Å². The lowest BCUT2D eigenvalue weighted by Crippen LogP contribution is -2.34. The van der Waals surface area contributed by atoms with Crippen molar-refractivity contribution < 1.29 is 4.79 Å². The van der Waals surface area contributed by atoms with E-state index in [1.165, 1.54) is 0 Å². The molecule has 1 N–H and O–H groups in total. The number of hydrogen-bond donors (Lipinski definition) is 1. The maximum Gasteiger partial charge on any atom is 0.245 e. The quantitative estimate of drug-likeness (QED) is 0.750. The summed E-state index contributed by atoms with van der Waals surface area (Å²) in [6.07, 6.45) is 3.29. The summed E-state index contributed by atoms with van der Waals surface area (Å²) in [5.41, 5.74) is 2.95. The molecule has 2 aromatic heterocycles. The van der Waals surface area contributed by atoms with Crippen molar-refractivity contribution >= 4 is 16.9 Å². The second-order valence-electron chi connectivity index (χ2n) is 6.37. The maximum atomic E-state index is 13.1. The first kappa shape index (κ1) is 17.2. The summed E-state index contributed by atoms with van der Waals surface area (Å²) in [6.45, 7) is 6.54. The molecule has 6 heteroatoms. The van der Waals surface area contributed by atoms with E-state index < -0.39 is 0 Å². The molecule has 25 heavy (non-hydrogen) atoms. The number of nitrogens with one attached hydrogen (secondary N) is 1. The van der Waals surface area contributed by atoms with E-state index in [0.717, 1.165) is 34.8 Å². The number of benzene rings is 1. The van der Waals surface area contributed by atoms with Crippen LogP contribution in [0.4, 0.5) is 0 Å². The first-order chi connectivity index (χ1) is 12.0. The third-order valence-corrected chi connectivity index (χ3v) is 4.49. The highest BCUT2D eigenvalue weighted by molar-refractivity contribution is 5.84. The Balaban J connectivity index is 1.92. The molecule has 0 saturated heterocycles. The van der Waals surface area contributed by atoms with Crippen LogP contribution in [0.15, 0.2) is 30.5 Å². The molecule has 0 radical (unpaired) electrons. The first-order valence-electron chi connectivity index (χ1n) is 8.76. The fraction of sp³-hybridized carbons (Fsp3) is 0.421. The van der Waals surface area contributed by atoms with E-state index in [2.05, 4.69) is 21.5 Å². The number of likely N-dealkylation sites (N-methyl/N-ethyl adjacent to an activating group) is 1. The summed E-state index contributed by atoms with van der Waals surface area (Å²) < 4.78 is 2.10. The van der Waals surface area contributed by atoms with Crippen LogP contribution >= 0.6 is 0 Å². The molecular formula is C19H25N5O. The zero-order chi connectivity index (χ0) is 18.0. The smallest absolute Gasteiger partial charge is 0.245 e. The Morgan fingerprint density at radius 1 is 1.32 bits per heavy atom. The molecule has 0 fully saturated rings. The zero-order valence-corrected chi connectivity index (χ0v) is 15.3. The Bertz CT molecular complexity index is 879. The number of carbonyl (C=O) groups excluding carboxylic acids is 1. The second-order valence-corrected chi connectivity index (χ2v) is 6.37. The Morgan fingerprint density at radius 2 is 2.08 bits per heavy atom. The van der Waals surface area contributed by atoms with Gasteiger partial charge in [-0.25, -0.2) is 9.97 Å². The van der Waals surface area contributed by atoms with Gasteiger partial charge in [-0.1, -0.05) is 26.0 Å². The molecule has 0 saturated carbocycles. The second kappa shape index (κ2) is 7.09. The number of aromatic nitrogens is 4. The number of para-hydroxylation sites is 2. The topological polar surface area (TPSA) is 66.8 Å². The van der Waals surface area contributed by atoms with Crippen LogP contribution in [-0.2, 0) is 17.8 Å². The van der Waals surface area contributed by atoms with Gasteiger partial charge in [-0.3, -0.25) is 4.79 Å². The molecule has 3 rings (SSSR count). The predicted octanol–water partition coefficient (Wildman–Crippen LogP) is 3.24. The van der Waals surface area contributed by atoms with Gasteiger partial charge < -0.3 is 14.5 Å². The minimum atomic E-state index is -0.261. The normalized spacial score (nSPS) is 12.5. The molecule has 0 aliphatic rings. The van der Waals surface area contributed by atoms with Crippen molar-refractivity contribution in [1.29, 1.82) is 0 Å². The number of H-pyrrole nitrogens is 1. The lowest BCUT2D eigenvalue weighted by atomic mass is 10.1. The van der Waals surface area contributed by atoms with E-state index in [1.807, 2.05) is 45.2 Å². The molecule has 0 unspecified atom stereocenters. The van der Waals surface area contributed by atoms with Gasteiger partial charge >= 0.3 is 0 Å². The molecule has 0 aliphatic carbocycles. The van der Waals surface area contributed by atoms with E-state index >= 15 is 0 Å². The Labute approximate surface area is 147 Å². The van der Waals surface area contributed by atoms with Crippen LogP contribution in [0.1, 0.15) is 43.7 Å². The van der Waals surface area contributed by atoms with E-state index in [4.69, 9.17) is 4.98 Å². The van der Waals surface area contributed by atoms with Crippen molar-refractivity contribution in [1.82, 2.24) is 24.4 Å². The fourth-order valence-corrected chi connectivity index (χ4v) is 3.26. The highest BCUT2D eigenvalue weighted by atomic mass is 16.2. The number of rotatable bonds is 6. The molecule has 1 aromatic carbocycles. The van der Waals surface area contributed by atoms with Crippen molar-refractivity contribution in [3.05, 3.63) is 47.8 Å². The fourth-order valence-electron chi connectivity index (χ4n) is 3.26. The summed E-state index contributed by atoms with van der Waals surface area (Å²) in [7, 11) is 1.83. The van der Waals surface area contributed by atoms with Crippen LogP contribution in [0.25, 0.3) is 11.0 Å². The highest BCUT2D eigenvalue weighted by Crippen LogP contribution is 2.25. The molecule has 132 valence electrons. The summed E-state index contributed by atoms with van der Waals surface area (Å²) in [6, 6.07) is 7.74. The van der Waals surface area contributed by atoms with Gasteiger partial charge in [0.05, 0.1) is 17.6 Å². The molecule has 0 spiro atoms. The average Bonchev–Trinajstić information content (AvgIpc) is 3.19. The van der Waals surface area contributed by atoms with Crippen molar-refractivity contribution in [2.45, 2.75) is 46.2 Å². The van der Waals surface area contributed by atoms with Crippen LogP contribution in [0.3, 0.4) is 0 Å². The zero-order valence-electron chi connectivity index (χ0n) is 15.3. The third kappa shape index (κ3) is 3.29. The van der Waals surface area contributed by atoms with Gasteiger partial charge in [0.15, 0.2) is 0 Å². The molecule has 1 amide bonds. The average molecular weight is 339 g/mol. The number of aryl methyl sites for hydroxylation is 2. The van der Waals surface area contributed by atoms with Crippen LogP contribution < -0.4 is 0 Å². The Morgan fingerprint density at radius 3 is 2.72 bits per heavy atom. The number of amides is 1. The molecule has 0 aliphatic heterocycles. The van der Waals surface area contributed by atoms with Crippen LogP contribution in [0.2, 0.25) is 0 Å². The molecule has 3 aromatic rings. The SMILES string of the molecule is CCc1nc2ccccc2n1[C@H](CC)C(=O)N(C)Cc1ncc(C)[nH]1. The van der Waals surface area contributed by atoms with Gasteiger partial charge in [-0.15, -0.1) is 0 Å². The predicted molar refractivity (Wildman–Crippen MR) is 98.2 cm³/mol. The molecule has 1 atom stereocenters. The summed E-state index contributed by atoms with van der Waals surface area (Å²) in [4.78, 5) is 27.1. The maximum absolute atomic E-state index is 13.1. The van der Waals surface area contributed by atoms with E-state index in [-0.39, 0.29) is 11.9 Å². The van der Waals surface area contributed by atoms with Crippen LogP contribution in [0.5, 0.6) is 0 Å². The largest absolute Gasteiger partial charge is 0.345 e. The number of nitrogens with zero attached hydrogens (tertiary/aromatic N) is 4. The highest BCUT2D eigenvalue weighted by Gasteiger charge is 2.26. The number of carbonyl (C=O) groups is 1. The van der Waals surface area contributed by atoms with Crippen molar-refractivity contribution in [2.75, 3.05) is 7.05 Å². The van der Waals surface area contributed by atoms with Gasteiger partial charge in [0, 0.05) is 25.4 Å². The van der Waals surface area contributed by atoms with Gasteiger partial charge in [-0.2, -0.15) is 0 Å². The molecular weight excluding hydrogens is 314 g/mol. The number of hydrogen-bond acceptors (Lipinski definition) is 3. The summed E-state index contributed by atoms with van der Waals surface area (Å²) >= 11 is 0. The van der Waals surface area contributed by atoms with Gasteiger partial charge in [0.25, 0.3) is 0 Å². The van der Waals surface area contributed by atoms with Crippen molar-refractivity contribution in [2.24, 2.45) is 0 Å². The van der Waals surface area contributed by atoms with Gasteiger partial charge in [0.1, 0.15) is 17.7 Å². The number of imidazole rings is 2. The molecule has 0 bridgehead atoms. The number of fused-ring (bicyclic) bond motifs is 1. The van der Waals surface area contributed by atoms with E-state index in [1.54, 1.807) is 11.1 Å². The standard InChI is InChI=1S/C19H25N5O/c1-5-15(19(25)23(4)12-17-20-11-13(3)21-17)24-16-10-8-7-9-14(16)22-18(24)6-2/h7-11,15H,5-6,12H2,1-4H3,(H,20,21)/t15-/m1/s1. The number of aromatic amines is 1. The Hall–Kier alpha value is -2.63. The van der Waals surface area contributed by atoms with Gasteiger partial charge in [0.2, 0.25) is 5.91 Å². The molecule has 2 heterocycles. The monoisotopic (exact) mass is 339 g/mol. The first-order valence-corrected chi connectivity index (χ1v) is 8.76. The minimum absolute atomic E-state index is 0.0782. The van der Waals surface area contributed by atoms with Crippen molar-refractivity contribution in [3.63, 3.8) is 0 Å². The lowest BCUT2D eigenvalue weighted by Gasteiger charge is -2.25. The minimum Gasteiger partial charge on any atom is -0.345 e. The van der Waals surface area contributed by atoms with E-state index in [0.29, 0.717) is 13.0 Å². The Kier molecular flexibility index (Phi) is 4.88.